The molecule has 1 aromatic carbocycles. The van der Waals surface area contributed by atoms with Gasteiger partial charge in [-0.3, -0.25) is 14.4 Å². The molecule has 0 atom stereocenters. The first-order valence-electron chi connectivity index (χ1n) is 7.05. The number of carbonyl (C=O) groups is 3. The number of hydrogen-bond donors (Lipinski definition) is 3. The van der Waals surface area contributed by atoms with Crippen molar-refractivity contribution in [3.63, 3.8) is 0 Å². The van der Waals surface area contributed by atoms with Crippen molar-refractivity contribution in [3.8, 4) is 0 Å². The van der Waals surface area contributed by atoms with E-state index in [1.165, 1.54) is 7.11 Å². The minimum Gasteiger partial charge on any atom is -0.383 e. The lowest BCUT2D eigenvalue weighted by Crippen LogP contribution is -2.38. The smallest absolute Gasteiger partial charge is 0.252 e. The van der Waals surface area contributed by atoms with Crippen LogP contribution in [0.2, 0.25) is 0 Å². The van der Waals surface area contributed by atoms with Crippen LogP contribution < -0.4 is 16.0 Å². The Hall–Kier alpha value is -2.45. The van der Waals surface area contributed by atoms with Crippen LogP contribution in [0.3, 0.4) is 0 Å². The number of methoxy groups -OCH3 is 1. The molecule has 0 aliphatic heterocycles. The van der Waals surface area contributed by atoms with Crippen LogP contribution in [0, 0.1) is 0 Å². The van der Waals surface area contributed by atoms with E-state index in [4.69, 9.17) is 4.74 Å². The van der Waals surface area contributed by atoms with Gasteiger partial charge in [0.2, 0.25) is 11.8 Å². The van der Waals surface area contributed by atoms with E-state index >= 15 is 0 Å². The molecule has 1 aromatic rings. The van der Waals surface area contributed by atoms with Gasteiger partial charge in [0.15, 0.2) is 6.61 Å². The highest BCUT2D eigenvalue weighted by atomic mass is 16.5. The van der Waals surface area contributed by atoms with Gasteiger partial charge < -0.3 is 20.7 Å². The SMILES string of the molecule is COCCNC(=O)CNC(=O)c1ccccc1CNC(=O)C[O]. The van der Waals surface area contributed by atoms with Gasteiger partial charge in [0.1, 0.15) is 0 Å². The number of benzene rings is 1. The summed E-state index contributed by atoms with van der Waals surface area (Å²) in [5.74, 6) is -1.40. The van der Waals surface area contributed by atoms with Crippen molar-refractivity contribution in [2.24, 2.45) is 0 Å². The summed E-state index contributed by atoms with van der Waals surface area (Å²) in [6.45, 7) is -0.199. The highest BCUT2D eigenvalue weighted by Crippen LogP contribution is 2.08. The summed E-state index contributed by atoms with van der Waals surface area (Å²) in [5, 5.41) is 17.9. The maximum atomic E-state index is 12.1. The van der Waals surface area contributed by atoms with Crippen LogP contribution in [-0.4, -0.2) is 51.1 Å². The molecule has 0 aliphatic rings. The molecule has 0 heterocycles. The lowest BCUT2D eigenvalue weighted by molar-refractivity contribution is -0.125. The van der Waals surface area contributed by atoms with Crippen molar-refractivity contribution in [1.82, 2.24) is 16.0 Å². The molecule has 0 aliphatic carbocycles. The minimum atomic E-state index is -0.865. The van der Waals surface area contributed by atoms with E-state index in [-0.39, 0.29) is 19.0 Å². The molecule has 0 fully saturated rings. The Bertz CT molecular complexity index is 548. The summed E-state index contributed by atoms with van der Waals surface area (Å²) < 4.78 is 4.80. The molecule has 0 unspecified atom stereocenters. The fourth-order valence-corrected chi connectivity index (χ4v) is 1.75. The Morgan fingerprint density at radius 2 is 1.78 bits per heavy atom. The predicted octanol–water partition coefficient (Wildman–Crippen LogP) is -0.774. The van der Waals surface area contributed by atoms with Crippen LogP contribution in [0.4, 0.5) is 0 Å². The Morgan fingerprint density at radius 1 is 1.04 bits per heavy atom. The van der Waals surface area contributed by atoms with Gasteiger partial charge in [-0.25, -0.2) is 5.11 Å². The van der Waals surface area contributed by atoms with Crippen molar-refractivity contribution in [1.29, 1.82) is 0 Å². The van der Waals surface area contributed by atoms with Gasteiger partial charge >= 0.3 is 0 Å². The molecule has 3 amide bonds. The Morgan fingerprint density at radius 3 is 2.48 bits per heavy atom. The molecule has 8 heteroatoms. The average Bonchev–Trinajstić information content (AvgIpc) is 2.58. The third-order valence-electron chi connectivity index (χ3n) is 2.91. The largest absolute Gasteiger partial charge is 0.383 e. The second kappa shape index (κ2) is 10.3. The minimum absolute atomic E-state index is 0.0741. The Kier molecular flexibility index (Phi) is 8.33. The van der Waals surface area contributed by atoms with E-state index in [1.807, 2.05) is 0 Å². The van der Waals surface area contributed by atoms with Crippen LogP contribution in [0.25, 0.3) is 0 Å². The Labute approximate surface area is 134 Å². The number of rotatable bonds is 9. The third-order valence-corrected chi connectivity index (χ3v) is 2.91. The number of ether oxygens (including phenoxy) is 1. The monoisotopic (exact) mass is 322 g/mol. The van der Waals surface area contributed by atoms with E-state index in [1.54, 1.807) is 24.3 Å². The maximum absolute atomic E-state index is 12.1. The average molecular weight is 322 g/mol. The van der Waals surface area contributed by atoms with Gasteiger partial charge in [0.05, 0.1) is 13.2 Å². The molecule has 0 aromatic heterocycles. The summed E-state index contributed by atoms with van der Waals surface area (Å²) in [4.78, 5) is 34.7. The summed E-state index contributed by atoms with van der Waals surface area (Å²) in [6.07, 6.45) is 0. The van der Waals surface area contributed by atoms with Crippen LogP contribution in [-0.2, 0) is 26.0 Å². The van der Waals surface area contributed by atoms with Gasteiger partial charge in [-0.1, -0.05) is 18.2 Å². The summed E-state index contributed by atoms with van der Waals surface area (Å²) in [7, 11) is 1.52. The lowest BCUT2D eigenvalue weighted by atomic mass is 10.1. The second-order valence-electron chi connectivity index (χ2n) is 4.60. The Balaban J connectivity index is 2.55. The predicted molar refractivity (Wildman–Crippen MR) is 81.1 cm³/mol. The number of carbonyl (C=O) groups excluding carboxylic acids is 3. The summed E-state index contributed by atoms with van der Waals surface area (Å²) in [6, 6.07) is 6.63. The zero-order chi connectivity index (χ0) is 17.1. The number of nitrogens with one attached hydrogen (secondary N) is 3. The normalized spacial score (nSPS) is 10.0. The van der Waals surface area contributed by atoms with Crippen molar-refractivity contribution >= 4 is 17.7 Å². The summed E-state index contributed by atoms with van der Waals surface area (Å²) in [5.41, 5.74) is 0.898. The van der Waals surface area contributed by atoms with Crippen LogP contribution in [0.1, 0.15) is 15.9 Å². The molecule has 0 bridgehead atoms. The molecule has 125 valence electrons. The highest BCUT2D eigenvalue weighted by molar-refractivity contribution is 5.97. The first-order chi connectivity index (χ1) is 11.1. The molecule has 0 saturated heterocycles. The van der Waals surface area contributed by atoms with Crippen LogP contribution in [0.5, 0.6) is 0 Å². The van der Waals surface area contributed by atoms with Crippen molar-refractivity contribution in [3.05, 3.63) is 35.4 Å². The van der Waals surface area contributed by atoms with Gasteiger partial charge in [-0.2, -0.15) is 0 Å². The van der Waals surface area contributed by atoms with Crippen molar-refractivity contribution in [2.75, 3.05) is 33.4 Å². The number of hydrogen-bond acceptors (Lipinski definition) is 4. The maximum Gasteiger partial charge on any atom is 0.252 e. The lowest BCUT2D eigenvalue weighted by Gasteiger charge is -2.11. The van der Waals surface area contributed by atoms with Gasteiger partial charge in [-0.05, 0) is 11.6 Å². The quantitative estimate of drug-likeness (QED) is 0.517. The topological polar surface area (TPSA) is 116 Å². The fraction of sp³-hybridized carbons (Fsp3) is 0.400. The fourth-order valence-electron chi connectivity index (χ4n) is 1.75. The summed E-state index contributed by atoms with van der Waals surface area (Å²) >= 11 is 0. The molecule has 23 heavy (non-hydrogen) atoms. The van der Waals surface area contributed by atoms with Crippen LogP contribution in [0.15, 0.2) is 24.3 Å². The molecule has 1 radical (unpaired) electrons. The molecule has 0 spiro atoms. The standard InChI is InChI=1S/C15H20N3O5/c1-23-7-6-16-13(20)9-18-15(22)12-5-3-2-4-11(12)8-17-14(21)10-19/h2-5H,6-10H2,1H3,(H,16,20)(H,17,21)(H,18,22). The molecule has 0 saturated carbocycles. The molecular formula is C15H20N3O5. The number of amides is 3. The molecule has 3 N–H and O–H groups in total. The van der Waals surface area contributed by atoms with E-state index < -0.39 is 18.4 Å². The van der Waals surface area contributed by atoms with Gasteiger partial charge in [-0.15, -0.1) is 0 Å². The zero-order valence-electron chi connectivity index (χ0n) is 12.9. The van der Waals surface area contributed by atoms with Crippen LogP contribution >= 0.6 is 0 Å². The van der Waals surface area contributed by atoms with E-state index in [2.05, 4.69) is 16.0 Å². The van der Waals surface area contributed by atoms with Crippen molar-refractivity contribution in [2.45, 2.75) is 6.54 Å². The zero-order valence-corrected chi connectivity index (χ0v) is 12.9. The van der Waals surface area contributed by atoms with E-state index in [9.17, 15) is 19.5 Å². The van der Waals surface area contributed by atoms with Gasteiger partial charge in [0, 0.05) is 25.8 Å². The van der Waals surface area contributed by atoms with Crippen molar-refractivity contribution < 1.29 is 24.2 Å². The van der Waals surface area contributed by atoms with Gasteiger partial charge in [0.25, 0.3) is 5.91 Å². The van der Waals surface area contributed by atoms with E-state index in [0.717, 1.165) is 0 Å². The first-order valence-corrected chi connectivity index (χ1v) is 7.05. The third kappa shape index (κ3) is 6.90. The highest BCUT2D eigenvalue weighted by Gasteiger charge is 2.12. The molecule has 1 rings (SSSR count). The second-order valence-corrected chi connectivity index (χ2v) is 4.60. The molecule has 8 nitrogen and oxygen atoms in total. The molecular weight excluding hydrogens is 302 g/mol. The first kappa shape index (κ1) is 18.6. The van der Waals surface area contributed by atoms with E-state index in [0.29, 0.717) is 24.3 Å².